The molecule has 0 spiro atoms. The molecule has 2 rings (SSSR count). The van der Waals surface area contributed by atoms with Gasteiger partial charge < -0.3 is 10.1 Å². The Morgan fingerprint density at radius 3 is 2.57 bits per heavy atom. The summed E-state index contributed by atoms with van der Waals surface area (Å²) in [4.78, 5) is 11.8. The van der Waals surface area contributed by atoms with Crippen LogP contribution >= 0.6 is 15.9 Å². The van der Waals surface area contributed by atoms with E-state index in [1.807, 2.05) is 20.8 Å². The van der Waals surface area contributed by atoms with Gasteiger partial charge in [-0.15, -0.1) is 0 Å². The third-order valence-electron chi connectivity index (χ3n) is 3.54. The van der Waals surface area contributed by atoms with Gasteiger partial charge in [-0.05, 0) is 49.4 Å². The normalized spacial score (nSPS) is 12.9. The highest BCUT2D eigenvalue weighted by molar-refractivity contribution is 9.09. The smallest absolute Gasteiger partial charge is 0.407 e. The molecular weight excluding hydrogens is 354 g/mol. The average molecular weight is 378 g/mol. The average Bonchev–Trinajstić information content (AvgIpc) is 2.50. The number of nitrogens with one attached hydrogen (secondary N) is 1. The van der Waals surface area contributed by atoms with Crippen LogP contribution in [0.4, 0.5) is 4.79 Å². The first-order chi connectivity index (χ1) is 10.9. The Hall–Kier alpha value is -1.55. The van der Waals surface area contributed by atoms with Gasteiger partial charge in [0.05, 0.1) is 0 Å². The zero-order chi connectivity index (χ0) is 16.9. The van der Waals surface area contributed by atoms with Crippen molar-refractivity contribution in [2.45, 2.75) is 32.8 Å². The van der Waals surface area contributed by atoms with Crippen LogP contribution in [0.3, 0.4) is 0 Å². The quantitative estimate of drug-likeness (QED) is 0.751. The van der Waals surface area contributed by atoms with Crippen LogP contribution < -0.4 is 5.32 Å². The van der Waals surface area contributed by atoms with Gasteiger partial charge in [-0.25, -0.2) is 4.79 Å². The van der Waals surface area contributed by atoms with Gasteiger partial charge in [-0.3, -0.25) is 0 Å². The zero-order valence-electron chi connectivity index (χ0n) is 13.9. The molecule has 0 fully saturated rings. The molecule has 0 aliphatic heterocycles. The van der Waals surface area contributed by atoms with E-state index in [0.29, 0.717) is 12.5 Å². The zero-order valence-corrected chi connectivity index (χ0v) is 15.5. The van der Waals surface area contributed by atoms with E-state index in [1.165, 1.54) is 16.3 Å². The second-order valence-electron chi connectivity index (χ2n) is 6.75. The molecule has 2 aromatic carbocycles. The summed E-state index contributed by atoms with van der Waals surface area (Å²) in [5.74, 6) is 0.313. The van der Waals surface area contributed by atoms with Crippen LogP contribution in [-0.4, -0.2) is 23.6 Å². The second-order valence-corrected chi connectivity index (χ2v) is 7.39. The summed E-state index contributed by atoms with van der Waals surface area (Å²) in [5.41, 5.74) is 0.836. The van der Waals surface area contributed by atoms with E-state index in [0.717, 1.165) is 11.8 Å². The van der Waals surface area contributed by atoms with Crippen LogP contribution in [-0.2, 0) is 11.2 Å². The number of fused-ring (bicyclic) bond motifs is 1. The van der Waals surface area contributed by atoms with Crippen molar-refractivity contribution >= 4 is 32.8 Å². The molecule has 0 saturated carbocycles. The lowest BCUT2D eigenvalue weighted by Gasteiger charge is -2.21. The Labute approximate surface area is 146 Å². The van der Waals surface area contributed by atoms with Crippen molar-refractivity contribution in [3.8, 4) is 0 Å². The molecular formula is C19H24BrNO2. The highest BCUT2D eigenvalue weighted by Crippen LogP contribution is 2.22. The van der Waals surface area contributed by atoms with Crippen molar-refractivity contribution in [1.82, 2.24) is 5.32 Å². The summed E-state index contributed by atoms with van der Waals surface area (Å²) in [6.07, 6.45) is 0.545. The molecule has 0 aromatic heterocycles. The van der Waals surface area contributed by atoms with Crippen LogP contribution in [0.2, 0.25) is 0 Å². The summed E-state index contributed by atoms with van der Waals surface area (Å²) in [6.45, 7) is 6.18. The lowest BCUT2D eigenvalue weighted by atomic mass is 9.96. The first-order valence-electron chi connectivity index (χ1n) is 7.88. The molecule has 4 heteroatoms. The van der Waals surface area contributed by atoms with Gasteiger partial charge in [0.2, 0.25) is 0 Å². The maximum atomic E-state index is 11.8. The van der Waals surface area contributed by atoms with Gasteiger partial charge in [-0.2, -0.15) is 0 Å². The molecule has 0 radical (unpaired) electrons. The molecule has 0 aliphatic rings. The lowest BCUT2D eigenvalue weighted by molar-refractivity contribution is 0.0521. The molecule has 0 saturated heterocycles. The SMILES string of the molecule is CC(C)(C)OC(=O)NCC(CBr)Cc1cccc2ccccc12. The lowest BCUT2D eigenvalue weighted by Crippen LogP contribution is -2.36. The minimum Gasteiger partial charge on any atom is -0.444 e. The van der Waals surface area contributed by atoms with Crippen molar-refractivity contribution in [3.63, 3.8) is 0 Å². The Kier molecular flexibility index (Phi) is 6.05. The predicted molar refractivity (Wildman–Crippen MR) is 99.2 cm³/mol. The first-order valence-corrected chi connectivity index (χ1v) is 9.00. The molecule has 1 N–H and O–H groups in total. The summed E-state index contributed by atoms with van der Waals surface area (Å²) < 4.78 is 5.29. The van der Waals surface area contributed by atoms with Crippen molar-refractivity contribution in [1.29, 1.82) is 0 Å². The molecule has 2 aromatic rings. The number of hydrogen-bond donors (Lipinski definition) is 1. The molecule has 0 aliphatic carbocycles. The van der Waals surface area contributed by atoms with E-state index in [9.17, 15) is 4.79 Å². The minimum absolute atomic E-state index is 0.313. The number of halogens is 1. The number of alkyl carbamates (subject to hydrolysis) is 1. The molecule has 0 heterocycles. The number of hydrogen-bond acceptors (Lipinski definition) is 2. The van der Waals surface area contributed by atoms with Crippen molar-refractivity contribution in [3.05, 3.63) is 48.0 Å². The van der Waals surface area contributed by atoms with E-state index < -0.39 is 5.60 Å². The molecule has 124 valence electrons. The maximum absolute atomic E-state index is 11.8. The molecule has 1 amide bonds. The monoisotopic (exact) mass is 377 g/mol. The van der Waals surface area contributed by atoms with Crippen LogP contribution in [0.1, 0.15) is 26.3 Å². The predicted octanol–water partition coefficient (Wildman–Crippen LogP) is 4.92. The Morgan fingerprint density at radius 1 is 1.17 bits per heavy atom. The second kappa shape index (κ2) is 7.82. The van der Waals surface area contributed by atoms with Crippen molar-refractivity contribution < 1.29 is 9.53 Å². The fraction of sp³-hybridized carbons (Fsp3) is 0.421. The third-order valence-corrected chi connectivity index (χ3v) is 4.46. The molecule has 3 nitrogen and oxygen atoms in total. The van der Waals surface area contributed by atoms with Gasteiger partial charge >= 0.3 is 6.09 Å². The highest BCUT2D eigenvalue weighted by Gasteiger charge is 2.17. The number of amides is 1. The van der Waals surface area contributed by atoms with E-state index in [2.05, 4.69) is 63.7 Å². The Bertz CT molecular complexity index is 658. The van der Waals surface area contributed by atoms with Gasteiger partial charge in [0.1, 0.15) is 5.60 Å². The van der Waals surface area contributed by atoms with E-state index >= 15 is 0 Å². The fourth-order valence-electron chi connectivity index (χ4n) is 2.50. The van der Waals surface area contributed by atoms with Crippen molar-refractivity contribution in [2.75, 3.05) is 11.9 Å². The number of rotatable bonds is 5. The van der Waals surface area contributed by atoms with Crippen LogP contribution in [0.5, 0.6) is 0 Å². The number of carbonyl (C=O) groups excluding carboxylic acids is 1. The van der Waals surface area contributed by atoms with Gasteiger partial charge in [-0.1, -0.05) is 58.4 Å². The van der Waals surface area contributed by atoms with Gasteiger partial charge in [0.25, 0.3) is 0 Å². The van der Waals surface area contributed by atoms with E-state index in [4.69, 9.17) is 4.74 Å². The van der Waals surface area contributed by atoms with Crippen LogP contribution in [0.15, 0.2) is 42.5 Å². The van der Waals surface area contributed by atoms with E-state index in [-0.39, 0.29) is 6.09 Å². The summed E-state index contributed by atoms with van der Waals surface area (Å²) in [7, 11) is 0. The standard InChI is InChI=1S/C19H24BrNO2/c1-19(2,3)23-18(22)21-13-14(12-20)11-16-9-6-8-15-7-4-5-10-17(15)16/h4-10,14H,11-13H2,1-3H3,(H,21,22). The number of ether oxygens (including phenoxy) is 1. The molecule has 0 bridgehead atoms. The third kappa shape index (κ3) is 5.54. The number of alkyl halides is 1. The summed E-state index contributed by atoms with van der Waals surface area (Å²) >= 11 is 3.56. The topological polar surface area (TPSA) is 38.3 Å². The summed E-state index contributed by atoms with van der Waals surface area (Å²) in [6, 6.07) is 14.8. The fourth-order valence-corrected chi connectivity index (χ4v) is 2.96. The number of benzene rings is 2. The van der Waals surface area contributed by atoms with Crippen LogP contribution in [0, 0.1) is 5.92 Å². The molecule has 23 heavy (non-hydrogen) atoms. The first kappa shape index (κ1) is 17.8. The van der Waals surface area contributed by atoms with Gasteiger partial charge in [0, 0.05) is 11.9 Å². The Morgan fingerprint density at radius 2 is 1.87 bits per heavy atom. The number of carbonyl (C=O) groups is 1. The maximum Gasteiger partial charge on any atom is 0.407 e. The largest absolute Gasteiger partial charge is 0.444 e. The molecule has 1 atom stereocenters. The Balaban J connectivity index is 2.00. The van der Waals surface area contributed by atoms with E-state index in [1.54, 1.807) is 0 Å². The van der Waals surface area contributed by atoms with Gasteiger partial charge in [0.15, 0.2) is 0 Å². The van der Waals surface area contributed by atoms with Crippen LogP contribution in [0.25, 0.3) is 10.8 Å². The minimum atomic E-state index is -0.469. The van der Waals surface area contributed by atoms with Crippen molar-refractivity contribution in [2.24, 2.45) is 5.92 Å². The highest BCUT2D eigenvalue weighted by atomic mass is 79.9. The molecule has 1 unspecified atom stereocenters. The summed E-state index contributed by atoms with van der Waals surface area (Å²) in [5, 5.41) is 6.22.